The molecule has 3 aromatic rings. The molecule has 30 heavy (non-hydrogen) atoms. The zero-order chi connectivity index (χ0) is 20.9. The smallest absolute Gasteiger partial charge is 0.266 e. The average molecular weight is 413 g/mol. The van der Waals surface area contributed by atoms with Crippen molar-refractivity contribution in [3.63, 3.8) is 0 Å². The van der Waals surface area contributed by atoms with Crippen molar-refractivity contribution in [1.82, 2.24) is 10.2 Å². The summed E-state index contributed by atoms with van der Waals surface area (Å²) in [4.78, 5) is 0. The van der Waals surface area contributed by atoms with E-state index in [2.05, 4.69) is 27.6 Å². The summed E-state index contributed by atoms with van der Waals surface area (Å²) >= 11 is 0. The Bertz CT molecular complexity index is 1110. The molecule has 2 aromatic carbocycles. The third-order valence-electron chi connectivity index (χ3n) is 6.59. The number of nitrogens with one attached hydrogen (secondary N) is 1. The Morgan fingerprint density at radius 1 is 1.20 bits per heavy atom. The molecule has 7 heteroatoms. The Hall–Kier alpha value is -2.67. The molecule has 1 aliphatic heterocycles. The molecule has 2 heterocycles. The van der Waals surface area contributed by atoms with E-state index in [4.69, 9.17) is 4.74 Å². The summed E-state index contributed by atoms with van der Waals surface area (Å²) in [5.74, 6) is -0.318. The van der Waals surface area contributed by atoms with Gasteiger partial charge in [0.25, 0.3) is 6.43 Å². The quantitative estimate of drug-likeness (QED) is 0.595. The summed E-state index contributed by atoms with van der Waals surface area (Å²) in [5, 5.41) is 12.4. The highest BCUT2D eigenvalue weighted by Crippen LogP contribution is 2.59. The van der Waals surface area contributed by atoms with Gasteiger partial charge in [-0.05, 0) is 43.4 Å². The lowest BCUT2D eigenvalue weighted by atomic mass is 9.88. The number of halogens is 3. The van der Waals surface area contributed by atoms with E-state index >= 15 is 0 Å². The third-order valence-corrected chi connectivity index (χ3v) is 6.59. The van der Waals surface area contributed by atoms with Gasteiger partial charge in [0.1, 0.15) is 5.82 Å². The van der Waals surface area contributed by atoms with Crippen LogP contribution in [0.5, 0.6) is 0 Å². The van der Waals surface area contributed by atoms with Crippen LogP contribution < -0.4 is 5.32 Å². The van der Waals surface area contributed by atoms with E-state index in [9.17, 15) is 13.2 Å². The van der Waals surface area contributed by atoms with Gasteiger partial charge in [-0.15, -0.1) is 0 Å². The average Bonchev–Trinajstić information content (AvgIpc) is 3.49. The lowest BCUT2D eigenvalue weighted by molar-refractivity contribution is 0.0803. The van der Waals surface area contributed by atoms with Crippen LogP contribution >= 0.6 is 0 Å². The Balaban J connectivity index is 1.49. The van der Waals surface area contributed by atoms with Crippen LogP contribution in [0.3, 0.4) is 0 Å². The van der Waals surface area contributed by atoms with Crippen LogP contribution in [0, 0.1) is 11.7 Å². The molecule has 2 fully saturated rings. The number of hydrogen-bond acceptors (Lipinski definition) is 4. The molecular weight excluding hydrogens is 391 g/mol. The SMILES string of the molecule is C[C@@H](Nc1cnnc2ccc(C34CCOCC3C4)cc12)c1cccc(C(F)F)c1F. The van der Waals surface area contributed by atoms with Crippen molar-refractivity contribution < 1.29 is 17.9 Å². The van der Waals surface area contributed by atoms with Crippen LogP contribution in [0.25, 0.3) is 10.9 Å². The standard InChI is InChI=1S/C23H22F3N3O/c1-13(16-3-2-4-17(21(16)24)22(25)26)28-20-11-27-29-19-6-5-14(9-18(19)20)23-7-8-30-12-15(23)10-23/h2-6,9,11,13,15,22H,7-8,10,12H2,1H3,(H,28,29)/t13-,15?,23?/m1/s1. The molecule has 0 spiro atoms. The molecule has 3 atom stereocenters. The van der Waals surface area contributed by atoms with Crippen LogP contribution in [0.2, 0.25) is 0 Å². The van der Waals surface area contributed by atoms with Gasteiger partial charge in [0.15, 0.2) is 0 Å². The molecule has 2 aliphatic rings. The minimum atomic E-state index is -2.85. The van der Waals surface area contributed by atoms with Crippen LogP contribution in [-0.2, 0) is 10.2 Å². The second kappa shape index (κ2) is 7.23. The van der Waals surface area contributed by atoms with Gasteiger partial charge in [0.05, 0.1) is 35.6 Å². The highest BCUT2D eigenvalue weighted by Gasteiger charge is 2.56. The first-order valence-electron chi connectivity index (χ1n) is 10.2. The van der Waals surface area contributed by atoms with Gasteiger partial charge >= 0.3 is 0 Å². The van der Waals surface area contributed by atoms with Crippen LogP contribution in [0.15, 0.2) is 42.6 Å². The highest BCUT2D eigenvalue weighted by atomic mass is 19.3. The number of nitrogens with zero attached hydrogens (tertiary/aromatic N) is 2. The molecule has 4 nitrogen and oxygen atoms in total. The van der Waals surface area contributed by atoms with Crippen molar-refractivity contribution in [3.8, 4) is 0 Å². The van der Waals surface area contributed by atoms with Gasteiger partial charge < -0.3 is 10.1 Å². The number of ether oxygens (including phenoxy) is 1. The summed E-state index contributed by atoms with van der Waals surface area (Å²) in [6.45, 7) is 3.32. The van der Waals surface area contributed by atoms with E-state index < -0.39 is 23.8 Å². The normalized spacial score (nSPS) is 24.0. The fraction of sp³-hybridized carbons (Fsp3) is 0.391. The van der Waals surface area contributed by atoms with Crippen molar-refractivity contribution in [2.75, 3.05) is 18.5 Å². The summed E-state index contributed by atoms with van der Waals surface area (Å²) in [7, 11) is 0. The number of hydrogen-bond donors (Lipinski definition) is 1. The molecule has 1 saturated carbocycles. The van der Waals surface area contributed by atoms with Crippen LogP contribution in [0.1, 0.15) is 48.9 Å². The van der Waals surface area contributed by atoms with E-state index in [1.165, 1.54) is 17.7 Å². The molecule has 1 aromatic heterocycles. The molecule has 2 unspecified atom stereocenters. The minimum absolute atomic E-state index is 0.177. The summed E-state index contributed by atoms with van der Waals surface area (Å²) in [6, 6.07) is 9.79. The van der Waals surface area contributed by atoms with E-state index in [0.29, 0.717) is 11.6 Å². The number of alkyl halides is 2. The second-order valence-corrected chi connectivity index (χ2v) is 8.29. The van der Waals surface area contributed by atoms with Gasteiger partial charge in [0, 0.05) is 23.0 Å². The number of benzene rings is 2. The fourth-order valence-electron chi connectivity index (χ4n) is 4.75. The molecule has 156 valence electrons. The fourth-order valence-corrected chi connectivity index (χ4v) is 4.75. The van der Waals surface area contributed by atoms with Crippen molar-refractivity contribution in [2.45, 2.75) is 37.6 Å². The van der Waals surface area contributed by atoms with Gasteiger partial charge in [0.2, 0.25) is 0 Å². The van der Waals surface area contributed by atoms with Crippen molar-refractivity contribution in [1.29, 1.82) is 0 Å². The van der Waals surface area contributed by atoms with Gasteiger partial charge in [-0.3, -0.25) is 0 Å². The third kappa shape index (κ3) is 3.12. The van der Waals surface area contributed by atoms with E-state index in [0.717, 1.165) is 43.0 Å². The molecular formula is C23H22F3N3O. The zero-order valence-electron chi connectivity index (χ0n) is 16.5. The van der Waals surface area contributed by atoms with E-state index in [-0.39, 0.29) is 11.0 Å². The van der Waals surface area contributed by atoms with Gasteiger partial charge in [-0.25, -0.2) is 13.2 Å². The van der Waals surface area contributed by atoms with Crippen molar-refractivity contribution in [2.24, 2.45) is 5.92 Å². The second-order valence-electron chi connectivity index (χ2n) is 8.29. The predicted molar refractivity (Wildman–Crippen MR) is 108 cm³/mol. The Morgan fingerprint density at radius 2 is 2.03 bits per heavy atom. The molecule has 0 bridgehead atoms. The molecule has 1 saturated heterocycles. The molecule has 1 N–H and O–H groups in total. The number of fused-ring (bicyclic) bond motifs is 2. The maximum absolute atomic E-state index is 14.6. The first kappa shape index (κ1) is 19.3. The minimum Gasteiger partial charge on any atom is -0.381 e. The molecule has 0 amide bonds. The van der Waals surface area contributed by atoms with Gasteiger partial charge in [-0.2, -0.15) is 10.2 Å². The van der Waals surface area contributed by atoms with E-state index in [1.807, 2.05) is 6.07 Å². The van der Waals surface area contributed by atoms with Crippen molar-refractivity contribution in [3.05, 3.63) is 65.1 Å². The largest absolute Gasteiger partial charge is 0.381 e. The zero-order valence-corrected chi connectivity index (χ0v) is 16.5. The number of anilines is 1. The highest BCUT2D eigenvalue weighted by molar-refractivity contribution is 5.91. The monoisotopic (exact) mass is 413 g/mol. The summed E-state index contributed by atoms with van der Waals surface area (Å²) in [6.07, 6.45) is 0.881. The molecule has 5 rings (SSSR count). The maximum Gasteiger partial charge on any atom is 0.266 e. The first-order chi connectivity index (χ1) is 14.5. The lowest BCUT2D eigenvalue weighted by Gasteiger charge is -2.23. The number of aromatic nitrogens is 2. The first-order valence-corrected chi connectivity index (χ1v) is 10.2. The van der Waals surface area contributed by atoms with E-state index in [1.54, 1.807) is 13.1 Å². The predicted octanol–water partition coefficient (Wildman–Crippen LogP) is 5.56. The molecule has 0 radical (unpaired) electrons. The van der Waals surface area contributed by atoms with Crippen molar-refractivity contribution >= 4 is 16.6 Å². The summed E-state index contributed by atoms with van der Waals surface area (Å²) < 4.78 is 46.4. The molecule has 1 aliphatic carbocycles. The number of rotatable bonds is 5. The van der Waals surface area contributed by atoms with Gasteiger partial charge in [-0.1, -0.05) is 24.3 Å². The topological polar surface area (TPSA) is 47.0 Å². The Morgan fingerprint density at radius 3 is 2.83 bits per heavy atom. The van der Waals surface area contributed by atoms with Crippen LogP contribution in [0.4, 0.5) is 18.9 Å². The summed E-state index contributed by atoms with van der Waals surface area (Å²) in [5.41, 5.74) is 2.49. The van der Waals surface area contributed by atoms with Crippen LogP contribution in [-0.4, -0.2) is 23.4 Å². The Labute approximate surface area is 172 Å². The lowest BCUT2D eigenvalue weighted by Crippen LogP contribution is -2.21. The Kier molecular flexibility index (Phi) is 4.65. The maximum atomic E-state index is 14.6.